The van der Waals surface area contributed by atoms with Crippen molar-refractivity contribution < 1.29 is 14.3 Å². The van der Waals surface area contributed by atoms with Gasteiger partial charge in [0.2, 0.25) is 0 Å². The van der Waals surface area contributed by atoms with Gasteiger partial charge in [0, 0.05) is 23.3 Å². The highest BCUT2D eigenvalue weighted by molar-refractivity contribution is 7.09. The molecule has 0 saturated carbocycles. The molecule has 0 unspecified atom stereocenters. The molecule has 0 spiro atoms. The van der Waals surface area contributed by atoms with Crippen LogP contribution in [-0.4, -0.2) is 6.16 Å². The van der Waals surface area contributed by atoms with Crippen molar-refractivity contribution in [2.24, 2.45) is 0 Å². The zero-order chi connectivity index (χ0) is 26.0. The van der Waals surface area contributed by atoms with Gasteiger partial charge in [-0.05, 0) is 38.9 Å². The number of rotatable bonds is 7. The highest BCUT2D eigenvalue weighted by Crippen LogP contribution is 2.30. The number of carbonyl (C=O) groups excluding carboxylic acids is 1. The van der Waals surface area contributed by atoms with Crippen molar-refractivity contribution in [3.8, 4) is 5.75 Å². The number of hydrogen-bond acceptors (Lipinski definition) is 4. The molecule has 4 heteroatoms. The first-order valence-electron chi connectivity index (χ1n) is 12.6. The van der Waals surface area contributed by atoms with Crippen LogP contribution in [0.1, 0.15) is 27.1 Å². The largest absolute Gasteiger partial charge is 0.514 e. The maximum atomic E-state index is 12.9. The third kappa shape index (κ3) is 6.67. The van der Waals surface area contributed by atoms with Gasteiger partial charge in [0.25, 0.3) is 0 Å². The van der Waals surface area contributed by atoms with Crippen LogP contribution in [0.3, 0.4) is 0 Å². The van der Waals surface area contributed by atoms with Crippen molar-refractivity contribution in [3.63, 3.8) is 0 Å². The van der Waals surface area contributed by atoms with Crippen LogP contribution >= 0.6 is 11.3 Å². The zero-order valence-electron chi connectivity index (χ0n) is 21.0. The molecule has 4 aromatic carbocycles. The highest BCUT2D eigenvalue weighted by atomic mass is 32.1. The number of benzene rings is 4. The van der Waals surface area contributed by atoms with Crippen molar-refractivity contribution in [2.75, 3.05) is 0 Å². The number of fused-ring (bicyclic) bond motifs is 1. The first kappa shape index (κ1) is 25.2. The average Bonchev–Trinajstić information content (AvgIpc) is 3.05. The van der Waals surface area contributed by atoms with Crippen molar-refractivity contribution in [1.82, 2.24) is 0 Å². The normalized spacial score (nSPS) is 10.5. The molecular formula is C34H28O3S. The lowest BCUT2D eigenvalue weighted by Gasteiger charge is -2.14. The van der Waals surface area contributed by atoms with Crippen LogP contribution < -0.4 is 4.74 Å². The molecule has 0 aliphatic heterocycles. The molecule has 0 amide bonds. The minimum Gasteiger partial charge on any atom is -0.429 e. The molecule has 0 atom stereocenters. The summed E-state index contributed by atoms with van der Waals surface area (Å²) >= 11 is 1.66. The van der Waals surface area contributed by atoms with E-state index in [0.29, 0.717) is 18.6 Å². The molecule has 3 nitrogen and oxygen atoms in total. The van der Waals surface area contributed by atoms with Gasteiger partial charge in [0.05, 0.1) is 0 Å². The molecule has 0 fully saturated rings. The second-order valence-electron chi connectivity index (χ2n) is 8.87. The fourth-order valence-corrected chi connectivity index (χ4v) is 5.26. The summed E-state index contributed by atoms with van der Waals surface area (Å²) in [6.07, 6.45) is 0.604. The average molecular weight is 517 g/mol. The number of hydrogen-bond donors (Lipinski definition) is 0. The molecule has 0 N–H and O–H groups in total. The van der Waals surface area contributed by atoms with Crippen molar-refractivity contribution in [3.05, 3.63) is 160 Å². The maximum absolute atomic E-state index is 12.9. The Hall–Kier alpha value is -4.41. The van der Waals surface area contributed by atoms with Gasteiger partial charge < -0.3 is 9.47 Å². The molecule has 0 aliphatic rings. The molecule has 5 aromatic rings. The molecule has 1 heterocycles. The molecule has 0 aliphatic carbocycles. The van der Waals surface area contributed by atoms with Crippen LogP contribution in [0.15, 0.2) is 133 Å². The van der Waals surface area contributed by atoms with Crippen LogP contribution in [-0.2, 0) is 24.2 Å². The van der Waals surface area contributed by atoms with Gasteiger partial charge in [-0.25, -0.2) is 4.79 Å². The quantitative estimate of drug-likeness (QED) is 0.203. The summed E-state index contributed by atoms with van der Waals surface area (Å²) in [7, 11) is 0. The van der Waals surface area contributed by atoms with E-state index in [1.165, 1.54) is 16.3 Å². The predicted octanol–water partition coefficient (Wildman–Crippen LogP) is 8.92. The molecule has 1 aromatic heterocycles. The molecular weight excluding hydrogens is 488 g/mol. The molecule has 0 radical (unpaired) electrons. The first-order valence-corrected chi connectivity index (χ1v) is 13.5. The van der Waals surface area contributed by atoms with Gasteiger partial charge in [-0.3, -0.25) is 0 Å². The number of carbonyl (C=O) groups is 1. The lowest BCUT2D eigenvalue weighted by atomic mass is 9.98. The Labute approximate surface area is 227 Å². The molecule has 188 valence electrons. The summed E-state index contributed by atoms with van der Waals surface area (Å²) < 4.78 is 11.4. The van der Waals surface area contributed by atoms with E-state index in [-0.39, 0.29) is 6.61 Å². The first-order chi connectivity index (χ1) is 18.8. The SMILES string of the molecule is O=C(OCc1ccccc1)Oc1cccccsc(Cc2cccc3ccccc23)c1Cc1ccccc1. The van der Waals surface area contributed by atoms with Gasteiger partial charge >= 0.3 is 6.16 Å². The summed E-state index contributed by atoms with van der Waals surface area (Å²) in [5.74, 6) is 0.495. The van der Waals surface area contributed by atoms with Crippen molar-refractivity contribution in [1.29, 1.82) is 0 Å². The summed E-state index contributed by atoms with van der Waals surface area (Å²) in [6, 6.07) is 42.4. The summed E-state index contributed by atoms with van der Waals surface area (Å²) in [5.41, 5.74) is 4.23. The fourth-order valence-electron chi connectivity index (χ4n) is 4.37. The predicted molar refractivity (Wildman–Crippen MR) is 155 cm³/mol. The smallest absolute Gasteiger partial charge is 0.429 e. The Morgan fingerprint density at radius 3 is 2.11 bits per heavy atom. The third-order valence-electron chi connectivity index (χ3n) is 6.24. The Morgan fingerprint density at radius 2 is 1.29 bits per heavy atom. The summed E-state index contributed by atoms with van der Waals surface area (Å²) in [6.45, 7) is 0.152. The second kappa shape index (κ2) is 12.7. The van der Waals surface area contributed by atoms with Gasteiger partial charge in [-0.15, -0.1) is 11.3 Å². The van der Waals surface area contributed by atoms with E-state index in [4.69, 9.17) is 9.47 Å². The van der Waals surface area contributed by atoms with E-state index >= 15 is 0 Å². The van der Waals surface area contributed by atoms with Crippen LogP contribution in [0, 0.1) is 0 Å². The number of ether oxygens (including phenoxy) is 2. The van der Waals surface area contributed by atoms with E-state index in [1.807, 2.05) is 72.8 Å². The van der Waals surface area contributed by atoms with E-state index in [1.54, 1.807) is 11.3 Å². The van der Waals surface area contributed by atoms with E-state index in [0.717, 1.165) is 21.6 Å². The molecule has 0 bridgehead atoms. The highest BCUT2D eigenvalue weighted by Gasteiger charge is 2.15. The fraction of sp³-hybridized carbons (Fsp3) is 0.0882. The molecule has 0 saturated heterocycles. The standard InChI is InChI=1S/C34H28O3S/c35-34(36-25-27-15-6-2-7-16-27)37-32-21-8-3-11-22-38-33(31(32)23-26-13-4-1-5-14-26)24-29-19-12-18-28-17-9-10-20-30(28)29/h1-22H,23-25H2. The van der Waals surface area contributed by atoms with Crippen LogP contribution in [0.4, 0.5) is 4.79 Å². The third-order valence-corrected chi connectivity index (χ3v) is 7.21. The van der Waals surface area contributed by atoms with Gasteiger partial charge in [0.1, 0.15) is 12.4 Å². The van der Waals surface area contributed by atoms with E-state index in [2.05, 4.69) is 60.0 Å². The Kier molecular flexibility index (Phi) is 8.44. The molecule has 5 rings (SSSR count). The lowest BCUT2D eigenvalue weighted by molar-refractivity contribution is 0.0925. The van der Waals surface area contributed by atoms with Gasteiger partial charge in [0.15, 0.2) is 0 Å². The van der Waals surface area contributed by atoms with Crippen molar-refractivity contribution >= 4 is 28.3 Å². The van der Waals surface area contributed by atoms with E-state index in [9.17, 15) is 4.79 Å². The van der Waals surface area contributed by atoms with Crippen LogP contribution in [0.5, 0.6) is 5.75 Å². The monoisotopic (exact) mass is 516 g/mol. The van der Waals surface area contributed by atoms with Crippen molar-refractivity contribution in [2.45, 2.75) is 19.4 Å². The topological polar surface area (TPSA) is 35.5 Å². The van der Waals surface area contributed by atoms with E-state index < -0.39 is 6.16 Å². The minimum atomic E-state index is -0.721. The minimum absolute atomic E-state index is 0.152. The zero-order valence-corrected chi connectivity index (χ0v) is 21.8. The summed E-state index contributed by atoms with van der Waals surface area (Å²) in [4.78, 5) is 14.0. The van der Waals surface area contributed by atoms with Gasteiger partial charge in [-0.2, -0.15) is 0 Å². The Morgan fingerprint density at radius 1 is 0.632 bits per heavy atom. The Balaban J connectivity index is 1.55. The lowest BCUT2D eigenvalue weighted by Crippen LogP contribution is -2.12. The van der Waals surface area contributed by atoms with Crippen LogP contribution in [0.2, 0.25) is 0 Å². The van der Waals surface area contributed by atoms with Crippen LogP contribution in [0.25, 0.3) is 10.8 Å². The maximum Gasteiger partial charge on any atom is 0.514 e. The second-order valence-corrected chi connectivity index (χ2v) is 9.87. The van der Waals surface area contributed by atoms with Gasteiger partial charge in [-0.1, -0.05) is 121 Å². The Bertz CT molecular complexity index is 1550. The molecule has 38 heavy (non-hydrogen) atoms. The summed E-state index contributed by atoms with van der Waals surface area (Å²) in [5, 5.41) is 4.50.